The van der Waals surface area contributed by atoms with Crippen molar-refractivity contribution in [1.82, 2.24) is 9.58 Å². The van der Waals surface area contributed by atoms with E-state index in [1.165, 1.54) is 17.7 Å². The zero-order valence-corrected chi connectivity index (χ0v) is 26.2. The van der Waals surface area contributed by atoms with Gasteiger partial charge in [-0.2, -0.15) is 0 Å². The number of esters is 1. The number of halogens is 1. The van der Waals surface area contributed by atoms with Crippen molar-refractivity contribution >= 4 is 23.6 Å². The number of carbonyl (C=O) groups is 2. The van der Waals surface area contributed by atoms with E-state index in [4.69, 9.17) is 9.47 Å². The fourth-order valence-corrected chi connectivity index (χ4v) is 7.88. The minimum atomic E-state index is -0.774. The topological polar surface area (TPSA) is 81.1 Å². The Bertz CT molecular complexity index is 1830. The second kappa shape index (κ2) is 11.2. The lowest BCUT2D eigenvalue weighted by atomic mass is 9.81. The van der Waals surface area contributed by atoms with Crippen LogP contribution in [0, 0.1) is 17.2 Å². The lowest BCUT2D eigenvalue weighted by Crippen LogP contribution is -2.67. The number of hydrogen-bond donors (Lipinski definition) is 0. The molecule has 3 atom stereocenters. The summed E-state index contributed by atoms with van der Waals surface area (Å²) in [6, 6.07) is 13.9. The molecule has 10 heteroatoms. The van der Waals surface area contributed by atoms with Crippen molar-refractivity contribution in [2.45, 2.75) is 56.5 Å². The second-order valence-corrected chi connectivity index (χ2v) is 13.8. The molecule has 1 fully saturated rings. The molecule has 1 unspecified atom stereocenters. The van der Waals surface area contributed by atoms with Crippen molar-refractivity contribution in [2.75, 3.05) is 18.3 Å². The maximum Gasteiger partial charge on any atom is 0.314 e. The number of fused-ring (bicyclic) bond motifs is 6. The Kier molecular flexibility index (Phi) is 7.35. The van der Waals surface area contributed by atoms with E-state index in [0.717, 1.165) is 16.0 Å². The summed E-state index contributed by atoms with van der Waals surface area (Å²) in [4.78, 5) is 43.1. The molecular weight excluding hydrogens is 593 g/mol. The molecule has 1 amide bonds. The normalized spacial score (nSPS) is 21.8. The highest BCUT2D eigenvalue weighted by Gasteiger charge is 2.50. The predicted octanol–water partition coefficient (Wildman–Crippen LogP) is 5.93. The number of carbonyl (C=O) groups excluding carboxylic acids is 2. The molecule has 1 saturated heterocycles. The Morgan fingerprint density at radius 1 is 1.09 bits per heavy atom. The summed E-state index contributed by atoms with van der Waals surface area (Å²) < 4.78 is 29.0. The largest absolute Gasteiger partial charge is 0.451 e. The van der Waals surface area contributed by atoms with Gasteiger partial charge in [-0.05, 0) is 56.9 Å². The molecule has 0 radical (unpaired) electrons. The van der Waals surface area contributed by atoms with Gasteiger partial charge in [0.1, 0.15) is 18.0 Å². The summed E-state index contributed by atoms with van der Waals surface area (Å²) in [7, 11) is 0. The number of rotatable bonds is 4. The van der Waals surface area contributed by atoms with E-state index >= 15 is 4.39 Å². The number of hydrogen-bond acceptors (Lipinski definition) is 7. The lowest BCUT2D eigenvalue weighted by molar-refractivity contribution is -0.159. The molecule has 2 aromatic carbocycles. The Labute approximate surface area is 265 Å². The molecule has 7 rings (SSSR count). The number of nitrogens with zero attached hydrogens (tertiary/aromatic N) is 3. The van der Waals surface area contributed by atoms with E-state index in [0.29, 0.717) is 30.7 Å². The van der Waals surface area contributed by atoms with Gasteiger partial charge in [0.2, 0.25) is 18.0 Å². The third-order valence-corrected chi connectivity index (χ3v) is 10.1. The Morgan fingerprint density at radius 2 is 1.91 bits per heavy atom. The predicted molar refractivity (Wildman–Crippen MR) is 169 cm³/mol. The zero-order chi connectivity index (χ0) is 31.5. The molecule has 0 bridgehead atoms. The average Bonchev–Trinajstić information content (AvgIpc) is 3.19. The Morgan fingerprint density at radius 3 is 2.73 bits per heavy atom. The molecule has 232 valence electrons. The summed E-state index contributed by atoms with van der Waals surface area (Å²) in [5.74, 6) is -0.853. The van der Waals surface area contributed by atoms with E-state index < -0.39 is 35.8 Å². The highest BCUT2D eigenvalue weighted by molar-refractivity contribution is 7.98. The van der Waals surface area contributed by atoms with Crippen LogP contribution in [-0.4, -0.2) is 41.0 Å². The van der Waals surface area contributed by atoms with Gasteiger partial charge >= 0.3 is 5.97 Å². The summed E-state index contributed by atoms with van der Waals surface area (Å²) in [5.41, 5.74) is 2.29. The highest BCUT2D eigenvalue weighted by Crippen LogP contribution is 2.48. The number of aromatic nitrogens is 1. The molecule has 8 nitrogen and oxygen atoms in total. The van der Waals surface area contributed by atoms with Crippen LogP contribution >= 0.6 is 11.8 Å². The van der Waals surface area contributed by atoms with Crippen LogP contribution < -0.4 is 15.2 Å². The van der Waals surface area contributed by atoms with Gasteiger partial charge in [-0.25, -0.2) is 4.39 Å². The SMILES string of the molecule is CC(C)(C)C(=O)OCOc1c2n(ccc1=O)N(C1c3ccccc3SCc3cccc(F)c31)[C@@H]1[C@H]3CC=CC=C3CCN1C2=O. The van der Waals surface area contributed by atoms with Crippen molar-refractivity contribution in [1.29, 1.82) is 0 Å². The molecule has 4 heterocycles. The smallest absolute Gasteiger partial charge is 0.314 e. The number of benzene rings is 2. The van der Waals surface area contributed by atoms with Crippen LogP contribution in [0.4, 0.5) is 4.39 Å². The maximum absolute atomic E-state index is 16.2. The standard InChI is InChI=1S/C35H34FN3O5S/c1-35(2,3)34(42)44-20-43-31-26(40)16-18-38-30(31)33(41)37-17-15-21-9-4-5-11-23(21)32(37)39(38)29-24-12-6-7-14-27(24)45-19-22-10-8-13-25(36)28(22)29/h4-10,12-14,16,18,23,29,32H,11,15,17,19-20H2,1-3H3/t23-,29?,32+/m0/s1. The first-order valence-electron chi connectivity index (χ1n) is 15.1. The molecule has 1 aromatic heterocycles. The summed E-state index contributed by atoms with van der Waals surface area (Å²) in [6.07, 6.45) is 8.79. The molecular formula is C35H34FN3O5S. The van der Waals surface area contributed by atoms with Gasteiger partial charge in [-0.15, -0.1) is 11.8 Å². The van der Waals surface area contributed by atoms with Gasteiger partial charge in [0.25, 0.3) is 5.91 Å². The molecule has 3 aromatic rings. The van der Waals surface area contributed by atoms with Crippen LogP contribution in [0.5, 0.6) is 5.75 Å². The first kappa shape index (κ1) is 29.4. The first-order valence-corrected chi connectivity index (χ1v) is 16.1. The summed E-state index contributed by atoms with van der Waals surface area (Å²) >= 11 is 1.66. The number of thioether (sulfide) groups is 1. The zero-order valence-electron chi connectivity index (χ0n) is 25.4. The second-order valence-electron chi connectivity index (χ2n) is 12.7. The molecule has 45 heavy (non-hydrogen) atoms. The fraction of sp³-hybridized carbons (Fsp3) is 0.343. The minimum absolute atomic E-state index is 0.0246. The number of piperidine rings is 1. The van der Waals surface area contributed by atoms with E-state index in [-0.39, 0.29) is 29.1 Å². The van der Waals surface area contributed by atoms with Crippen LogP contribution in [0.15, 0.2) is 88.2 Å². The average molecular weight is 628 g/mol. The number of pyridine rings is 1. The van der Waals surface area contributed by atoms with Crippen LogP contribution in [0.1, 0.15) is 66.8 Å². The first-order chi connectivity index (χ1) is 21.6. The van der Waals surface area contributed by atoms with Crippen molar-refractivity contribution in [3.05, 3.63) is 117 Å². The highest BCUT2D eigenvalue weighted by atomic mass is 32.2. The van der Waals surface area contributed by atoms with Crippen LogP contribution in [-0.2, 0) is 15.3 Å². The van der Waals surface area contributed by atoms with Gasteiger partial charge in [0, 0.05) is 40.9 Å². The number of ether oxygens (including phenoxy) is 2. The fourth-order valence-electron chi connectivity index (χ4n) is 6.79. The molecule has 0 spiro atoms. The van der Waals surface area contributed by atoms with Crippen LogP contribution in [0.25, 0.3) is 0 Å². The minimum Gasteiger partial charge on any atom is -0.451 e. The van der Waals surface area contributed by atoms with Crippen molar-refractivity contribution in [2.24, 2.45) is 11.3 Å². The third-order valence-electron chi connectivity index (χ3n) is 8.94. The van der Waals surface area contributed by atoms with E-state index in [2.05, 4.69) is 23.2 Å². The van der Waals surface area contributed by atoms with Gasteiger partial charge in [-0.3, -0.25) is 24.1 Å². The van der Waals surface area contributed by atoms with E-state index in [1.807, 2.05) is 30.3 Å². The van der Waals surface area contributed by atoms with Crippen molar-refractivity contribution < 1.29 is 23.5 Å². The monoisotopic (exact) mass is 627 g/mol. The lowest BCUT2D eigenvalue weighted by Gasteiger charge is -2.55. The van der Waals surface area contributed by atoms with Gasteiger partial charge in [-0.1, -0.05) is 54.1 Å². The van der Waals surface area contributed by atoms with Crippen LogP contribution in [0.3, 0.4) is 0 Å². The van der Waals surface area contributed by atoms with Crippen molar-refractivity contribution in [3.8, 4) is 5.75 Å². The molecule has 1 aliphatic carbocycles. The Balaban J connectivity index is 1.45. The van der Waals surface area contributed by atoms with Gasteiger partial charge < -0.3 is 14.4 Å². The molecule has 4 aliphatic rings. The van der Waals surface area contributed by atoms with Gasteiger partial charge in [0.05, 0.1) is 5.41 Å². The molecule has 3 aliphatic heterocycles. The number of amides is 1. The van der Waals surface area contributed by atoms with Crippen molar-refractivity contribution in [3.63, 3.8) is 0 Å². The van der Waals surface area contributed by atoms with E-state index in [9.17, 15) is 14.4 Å². The Hall–Kier alpha value is -4.31. The quantitative estimate of drug-likeness (QED) is 0.262. The van der Waals surface area contributed by atoms with E-state index in [1.54, 1.807) is 54.4 Å². The van der Waals surface area contributed by atoms with Crippen LogP contribution in [0.2, 0.25) is 0 Å². The third kappa shape index (κ3) is 4.95. The molecule has 0 saturated carbocycles. The molecule has 0 N–H and O–H groups in total. The summed E-state index contributed by atoms with van der Waals surface area (Å²) in [6.45, 7) is 5.05. The number of allylic oxidation sites excluding steroid dienone is 3. The van der Waals surface area contributed by atoms with Gasteiger partial charge in [0.15, 0.2) is 5.69 Å². The summed E-state index contributed by atoms with van der Waals surface area (Å²) in [5, 5.41) is 2.06. The maximum atomic E-state index is 16.2.